The third kappa shape index (κ3) is 4.26. The number of thiophene rings is 2. The summed E-state index contributed by atoms with van der Waals surface area (Å²) in [6.07, 6.45) is 3.71. The Morgan fingerprint density at radius 3 is 2.55 bits per heavy atom. The number of imidazole rings is 1. The Morgan fingerprint density at radius 1 is 1.10 bits per heavy atom. The summed E-state index contributed by atoms with van der Waals surface area (Å²) in [5.74, 6) is 0.182. The molecule has 1 amide bonds. The van der Waals surface area contributed by atoms with Crippen molar-refractivity contribution in [3.8, 4) is 21.1 Å². The van der Waals surface area contributed by atoms with Gasteiger partial charge in [0.25, 0.3) is 5.91 Å². The summed E-state index contributed by atoms with van der Waals surface area (Å²) in [5, 5.41) is 4.78. The lowest BCUT2D eigenvalue weighted by Crippen LogP contribution is -2.27. The normalized spacial score (nSPS) is 13.7. The van der Waals surface area contributed by atoms with Crippen LogP contribution >= 0.6 is 34.4 Å². The highest BCUT2D eigenvalue weighted by molar-refractivity contribution is 7.99. The number of hydrogen-bond acceptors (Lipinski definition) is 6. The summed E-state index contributed by atoms with van der Waals surface area (Å²) in [6.45, 7) is 1.57. The molecule has 0 spiro atoms. The molecular formula is C22H20N4O2S3. The first kappa shape index (κ1) is 20.3. The zero-order valence-corrected chi connectivity index (χ0v) is 19.0. The number of aromatic nitrogens is 3. The molecule has 6 nitrogen and oxygen atoms in total. The number of amides is 1. The van der Waals surface area contributed by atoms with Gasteiger partial charge in [0.15, 0.2) is 10.9 Å². The van der Waals surface area contributed by atoms with Gasteiger partial charge in [-0.25, -0.2) is 4.98 Å². The number of thioether (sulfide) groups is 1. The fourth-order valence-electron chi connectivity index (χ4n) is 3.60. The molecule has 1 saturated heterocycles. The fourth-order valence-corrected chi connectivity index (χ4v) is 5.81. The number of aromatic amines is 2. The third-order valence-corrected chi connectivity index (χ3v) is 7.81. The van der Waals surface area contributed by atoms with Crippen LogP contribution in [0, 0.1) is 0 Å². The Labute approximate surface area is 191 Å². The summed E-state index contributed by atoms with van der Waals surface area (Å²) < 4.78 is 0. The van der Waals surface area contributed by atoms with Crippen molar-refractivity contribution < 1.29 is 9.59 Å². The number of nitrogens with one attached hydrogen (secondary N) is 2. The minimum absolute atomic E-state index is 0.0311. The standard InChI is InChI=1S/C22H20N4O2S3/c27-16(14-11-15(23-12-14)21(28)26-7-1-2-8-26)13-31-22-24-19(17-5-3-9-29-17)20(25-22)18-6-4-10-30-18/h3-6,9-12,23H,1-2,7-8,13H2,(H,24,25). The molecule has 2 N–H and O–H groups in total. The smallest absolute Gasteiger partial charge is 0.270 e. The van der Waals surface area contributed by atoms with Gasteiger partial charge in [-0.2, -0.15) is 0 Å². The largest absolute Gasteiger partial charge is 0.356 e. The molecule has 1 fully saturated rings. The van der Waals surface area contributed by atoms with Gasteiger partial charge in [0.2, 0.25) is 0 Å². The molecule has 31 heavy (non-hydrogen) atoms. The van der Waals surface area contributed by atoms with Crippen LogP contribution in [-0.4, -0.2) is 50.4 Å². The van der Waals surface area contributed by atoms with Crippen LogP contribution in [0.1, 0.15) is 33.7 Å². The molecule has 4 aromatic heterocycles. The predicted octanol–water partition coefficient (Wildman–Crippen LogP) is 5.41. The van der Waals surface area contributed by atoms with E-state index in [4.69, 9.17) is 4.98 Å². The monoisotopic (exact) mass is 468 g/mol. The molecular weight excluding hydrogens is 448 g/mol. The van der Waals surface area contributed by atoms with Gasteiger partial charge in [0, 0.05) is 24.8 Å². The van der Waals surface area contributed by atoms with E-state index in [0.717, 1.165) is 47.1 Å². The first-order chi connectivity index (χ1) is 15.2. The maximum atomic E-state index is 12.7. The summed E-state index contributed by atoms with van der Waals surface area (Å²) in [5.41, 5.74) is 2.90. The molecule has 0 unspecified atom stereocenters. The van der Waals surface area contributed by atoms with Gasteiger partial charge in [-0.05, 0) is 41.8 Å². The molecule has 158 valence electrons. The summed E-state index contributed by atoms with van der Waals surface area (Å²) >= 11 is 4.68. The van der Waals surface area contributed by atoms with E-state index >= 15 is 0 Å². The minimum Gasteiger partial charge on any atom is -0.356 e. The number of rotatable bonds is 7. The van der Waals surface area contributed by atoms with Crippen LogP contribution in [0.15, 0.2) is 52.4 Å². The first-order valence-corrected chi connectivity index (χ1v) is 12.7. The molecule has 0 atom stereocenters. The van der Waals surface area contributed by atoms with Crippen LogP contribution in [-0.2, 0) is 0 Å². The molecule has 9 heteroatoms. The van der Waals surface area contributed by atoms with Crippen molar-refractivity contribution >= 4 is 46.1 Å². The second kappa shape index (κ2) is 8.86. The Bertz CT molecular complexity index is 1130. The number of ketones is 1. The molecule has 0 aromatic carbocycles. The van der Waals surface area contributed by atoms with E-state index < -0.39 is 0 Å². The molecule has 5 heterocycles. The van der Waals surface area contributed by atoms with Gasteiger partial charge in [-0.3, -0.25) is 9.59 Å². The summed E-state index contributed by atoms with van der Waals surface area (Å²) in [7, 11) is 0. The maximum Gasteiger partial charge on any atom is 0.270 e. The van der Waals surface area contributed by atoms with Gasteiger partial charge in [-0.1, -0.05) is 23.9 Å². The average molecular weight is 469 g/mol. The van der Waals surface area contributed by atoms with E-state index in [-0.39, 0.29) is 17.4 Å². The van der Waals surface area contributed by atoms with Crippen molar-refractivity contribution in [1.82, 2.24) is 19.9 Å². The van der Waals surface area contributed by atoms with Gasteiger partial charge in [0.1, 0.15) is 11.4 Å². The van der Waals surface area contributed by atoms with Crippen LogP contribution in [0.2, 0.25) is 0 Å². The summed E-state index contributed by atoms with van der Waals surface area (Å²) in [4.78, 5) is 40.4. The first-order valence-electron chi connectivity index (χ1n) is 10.0. The van der Waals surface area contributed by atoms with Crippen molar-refractivity contribution in [2.75, 3.05) is 18.8 Å². The van der Waals surface area contributed by atoms with Gasteiger partial charge < -0.3 is 14.9 Å². The van der Waals surface area contributed by atoms with Gasteiger partial charge >= 0.3 is 0 Å². The second-order valence-corrected chi connectivity index (χ2v) is 10.1. The number of nitrogens with zero attached hydrogens (tertiary/aromatic N) is 2. The SMILES string of the molecule is O=C(CSc1nc(-c2cccs2)c(-c2cccs2)[nH]1)c1c[nH]c(C(=O)N2CCCC2)c1. The van der Waals surface area contributed by atoms with Crippen molar-refractivity contribution in [3.63, 3.8) is 0 Å². The maximum absolute atomic E-state index is 12.7. The molecule has 1 aliphatic heterocycles. The van der Waals surface area contributed by atoms with Gasteiger partial charge in [0.05, 0.1) is 21.2 Å². The molecule has 0 radical (unpaired) electrons. The lowest BCUT2D eigenvalue weighted by Gasteiger charge is -2.13. The number of carbonyl (C=O) groups is 2. The zero-order valence-electron chi connectivity index (χ0n) is 16.6. The predicted molar refractivity (Wildman–Crippen MR) is 126 cm³/mol. The minimum atomic E-state index is -0.0338. The number of hydrogen-bond donors (Lipinski definition) is 2. The van der Waals surface area contributed by atoms with Crippen LogP contribution in [0.25, 0.3) is 21.1 Å². The molecule has 1 aliphatic rings. The van der Waals surface area contributed by atoms with Crippen molar-refractivity contribution in [3.05, 3.63) is 58.5 Å². The lowest BCUT2D eigenvalue weighted by atomic mass is 10.2. The molecule has 0 aliphatic carbocycles. The van der Waals surface area contributed by atoms with Crippen molar-refractivity contribution in [2.24, 2.45) is 0 Å². The van der Waals surface area contributed by atoms with Crippen molar-refractivity contribution in [2.45, 2.75) is 18.0 Å². The van der Waals surface area contributed by atoms with E-state index in [1.807, 2.05) is 27.8 Å². The van der Waals surface area contributed by atoms with Crippen LogP contribution in [0.4, 0.5) is 0 Å². The molecule has 4 aromatic rings. The lowest BCUT2D eigenvalue weighted by molar-refractivity contribution is 0.0787. The highest BCUT2D eigenvalue weighted by Crippen LogP contribution is 2.36. The van der Waals surface area contributed by atoms with E-state index in [0.29, 0.717) is 16.4 Å². The molecule has 0 bridgehead atoms. The van der Waals surface area contributed by atoms with Gasteiger partial charge in [-0.15, -0.1) is 22.7 Å². The zero-order chi connectivity index (χ0) is 21.2. The van der Waals surface area contributed by atoms with Crippen LogP contribution in [0.5, 0.6) is 0 Å². The fraction of sp³-hybridized carbons (Fsp3) is 0.227. The van der Waals surface area contributed by atoms with Crippen LogP contribution < -0.4 is 0 Å². The Balaban J connectivity index is 1.29. The third-order valence-electron chi connectivity index (χ3n) is 5.17. The quantitative estimate of drug-likeness (QED) is 0.281. The summed E-state index contributed by atoms with van der Waals surface area (Å²) in [6, 6.07) is 9.81. The Hall–Kier alpha value is -2.62. The van der Waals surface area contributed by atoms with Crippen LogP contribution in [0.3, 0.4) is 0 Å². The Morgan fingerprint density at radius 2 is 1.84 bits per heavy atom. The number of carbonyl (C=O) groups excluding carboxylic acids is 2. The van der Waals surface area contributed by atoms with E-state index in [1.54, 1.807) is 34.9 Å². The molecule has 0 saturated carbocycles. The molecule has 5 rings (SSSR count). The van der Waals surface area contributed by atoms with Crippen molar-refractivity contribution in [1.29, 1.82) is 0 Å². The highest BCUT2D eigenvalue weighted by atomic mass is 32.2. The number of likely N-dealkylation sites (tertiary alicyclic amines) is 1. The van der Waals surface area contributed by atoms with E-state index in [1.165, 1.54) is 11.8 Å². The van der Waals surface area contributed by atoms with E-state index in [9.17, 15) is 9.59 Å². The number of H-pyrrole nitrogens is 2. The Kier molecular flexibility index (Phi) is 5.80. The second-order valence-electron chi connectivity index (χ2n) is 7.23. The topological polar surface area (TPSA) is 81.8 Å². The average Bonchev–Trinajstić information content (AvgIpc) is 3.62. The van der Waals surface area contributed by atoms with E-state index in [2.05, 4.69) is 22.1 Å². The number of Topliss-reactive ketones (excluding diaryl/α,β-unsaturated/α-hetero) is 1. The highest BCUT2D eigenvalue weighted by Gasteiger charge is 2.22.